The zero-order chi connectivity index (χ0) is 21.9. The van der Waals surface area contributed by atoms with Gasteiger partial charge in [-0.3, -0.25) is 4.79 Å². The molecular weight excluding hydrogens is 486 g/mol. The highest BCUT2D eigenvalue weighted by atomic mass is 35.5. The van der Waals surface area contributed by atoms with Crippen molar-refractivity contribution in [1.82, 2.24) is 0 Å². The first-order chi connectivity index (χ1) is 14.9. The van der Waals surface area contributed by atoms with Gasteiger partial charge < -0.3 is 26.7 Å². The van der Waals surface area contributed by atoms with Crippen molar-refractivity contribution in [3.8, 4) is 0 Å². The number of quaternary nitrogens is 1. The number of esters is 1. The number of thiophene rings is 2. The van der Waals surface area contributed by atoms with Crippen LogP contribution in [0.4, 0.5) is 0 Å². The van der Waals surface area contributed by atoms with Crippen LogP contribution in [-0.4, -0.2) is 59.9 Å². The highest BCUT2D eigenvalue weighted by molar-refractivity contribution is 8.04. The summed E-state index contributed by atoms with van der Waals surface area (Å²) in [5.41, 5.74) is -1.74. The van der Waals surface area contributed by atoms with E-state index in [4.69, 9.17) is 4.74 Å². The minimum atomic E-state index is -1.74. The Bertz CT molecular complexity index is 910. The molecule has 2 aromatic heterocycles. The number of nitrogens with zero attached hydrogens (tertiary/aromatic N) is 1. The molecule has 5 nitrogen and oxygen atoms in total. The van der Waals surface area contributed by atoms with Crippen LogP contribution >= 0.6 is 34.4 Å². The Morgan fingerprint density at radius 3 is 2.47 bits per heavy atom. The SMILES string of the molecule is C[N+]1(CCCCC2=CC(=O)CS2)CC[C@@H](OC(=O)C(O)(c2cccs2)c2cccs2)C1.[Cl-]. The molecule has 174 valence electrons. The number of ether oxygens (including phenoxy) is 1. The van der Waals surface area contributed by atoms with Gasteiger partial charge in [-0.05, 0) is 53.1 Å². The number of unbranched alkanes of at least 4 members (excludes halogenated alkanes) is 1. The number of halogens is 1. The van der Waals surface area contributed by atoms with Gasteiger partial charge in [0.25, 0.3) is 0 Å². The van der Waals surface area contributed by atoms with Gasteiger partial charge in [0.15, 0.2) is 11.9 Å². The molecule has 0 bridgehead atoms. The first-order valence-electron chi connectivity index (χ1n) is 10.6. The summed E-state index contributed by atoms with van der Waals surface area (Å²) in [6, 6.07) is 7.25. The number of rotatable bonds is 9. The molecule has 0 spiro atoms. The molecule has 32 heavy (non-hydrogen) atoms. The fourth-order valence-electron chi connectivity index (χ4n) is 4.32. The quantitative estimate of drug-likeness (QED) is 0.310. The number of carbonyl (C=O) groups excluding carboxylic acids is 2. The molecular formula is C23H28ClNO4S3. The van der Waals surface area contributed by atoms with Crippen LogP contribution in [-0.2, 0) is 19.9 Å². The number of carbonyl (C=O) groups is 2. The molecule has 2 aliphatic heterocycles. The Labute approximate surface area is 207 Å². The average Bonchev–Trinajstić information content (AvgIpc) is 3.53. The monoisotopic (exact) mass is 513 g/mol. The van der Waals surface area contributed by atoms with E-state index in [0.717, 1.165) is 49.8 Å². The molecule has 1 saturated heterocycles. The molecule has 4 rings (SSSR count). The van der Waals surface area contributed by atoms with Crippen molar-refractivity contribution in [3.63, 3.8) is 0 Å². The van der Waals surface area contributed by atoms with Crippen molar-refractivity contribution in [2.24, 2.45) is 0 Å². The normalized spacial score (nSPS) is 23.1. The third-order valence-corrected chi connectivity index (χ3v) is 9.13. The van der Waals surface area contributed by atoms with E-state index < -0.39 is 11.6 Å². The lowest BCUT2D eigenvalue weighted by Crippen LogP contribution is -3.00. The second-order valence-electron chi connectivity index (χ2n) is 8.55. The number of hydrogen-bond donors (Lipinski definition) is 1. The highest BCUT2D eigenvalue weighted by Gasteiger charge is 2.46. The van der Waals surface area contributed by atoms with Gasteiger partial charge in [-0.2, -0.15) is 0 Å². The van der Waals surface area contributed by atoms with Gasteiger partial charge in [0, 0.05) is 6.42 Å². The van der Waals surface area contributed by atoms with E-state index in [0.29, 0.717) is 15.5 Å². The largest absolute Gasteiger partial charge is 1.00 e. The van der Waals surface area contributed by atoms with E-state index in [2.05, 4.69) is 7.05 Å². The standard InChI is InChI=1S/C23H28NO4S3.ClH/c1-24(10-3-2-6-19-14-17(25)16-31-19)11-9-18(15-24)28-22(26)23(27,20-7-4-12-29-20)21-8-5-13-30-21;/h4-5,7-8,12-14,18,27H,2-3,6,9-11,15-16H2,1H3;1H/q+1;/p-1/t18-,24?;/m1./s1. The van der Waals surface area contributed by atoms with Crippen LogP contribution in [0.1, 0.15) is 35.4 Å². The predicted octanol–water partition coefficient (Wildman–Crippen LogP) is 1.18. The molecule has 2 aromatic rings. The van der Waals surface area contributed by atoms with Crippen LogP contribution in [0, 0.1) is 0 Å². The van der Waals surface area contributed by atoms with Crippen LogP contribution in [0.2, 0.25) is 0 Å². The van der Waals surface area contributed by atoms with Crippen LogP contribution in [0.5, 0.6) is 0 Å². The molecule has 0 radical (unpaired) electrons. The Kier molecular flexibility index (Phi) is 8.63. The molecule has 0 amide bonds. The smallest absolute Gasteiger partial charge is 0.349 e. The van der Waals surface area contributed by atoms with Crippen molar-refractivity contribution in [1.29, 1.82) is 0 Å². The topological polar surface area (TPSA) is 63.6 Å². The van der Waals surface area contributed by atoms with Crippen LogP contribution < -0.4 is 12.4 Å². The lowest BCUT2D eigenvalue weighted by molar-refractivity contribution is -0.899. The van der Waals surface area contributed by atoms with Crippen LogP contribution in [0.3, 0.4) is 0 Å². The molecule has 0 aromatic carbocycles. The van der Waals surface area contributed by atoms with E-state index in [9.17, 15) is 14.7 Å². The Morgan fingerprint density at radius 1 is 1.22 bits per heavy atom. The molecule has 0 saturated carbocycles. The van der Waals surface area contributed by atoms with Crippen LogP contribution in [0.15, 0.2) is 46.0 Å². The van der Waals surface area contributed by atoms with Gasteiger partial charge in [-0.15, -0.1) is 34.4 Å². The molecule has 2 atom stereocenters. The number of likely N-dealkylation sites (tertiary alicyclic amines) is 1. The predicted molar refractivity (Wildman–Crippen MR) is 126 cm³/mol. The molecule has 1 N–H and O–H groups in total. The molecule has 9 heteroatoms. The highest BCUT2D eigenvalue weighted by Crippen LogP contribution is 2.37. The van der Waals surface area contributed by atoms with E-state index in [1.165, 1.54) is 27.6 Å². The van der Waals surface area contributed by atoms with Gasteiger partial charge >= 0.3 is 5.97 Å². The third-order valence-electron chi connectivity index (χ3n) is 6.05. The summed E-state index contributed by atoms with van der Waals surface area (Å²) in [5.74, 6) is 0.248. The molecule has 4 heterocycles. The fourth-order valence-corrected chi connectivity index (χ4v) is 6.95. The lowest BCUT2D eigenvalue weighted by atomic mass is 10.00. The average molecular weight is 514 g/mol. The maximum Gasteiger partial charge on any atom is 0.349 e. The number of hydrogen-bond acceptors (Lipinski definition) is 7. The summed E-state index contributed by atoms with van der Waals surface area (Å²) in [7, 11) is 2.21. The minimum absolute atomic E-state index is 0. The summed E-state index contributed by atoms with van der Waals surface area (Å²) in [6.45, 7) is 2.76. The van der Waals surface area contributed by atoms with Gasteiger partial charge in [-0.25, -0.2) is 4.79 Å². The molecule has 0 aliphatic carbocycles. The lowest BCUT2D eigenvalue weighted by Gasteiger charge is -2.30. The maximum absolute atomic E-state index is 13.2. The van der Waals surface area contributed by atoms with E-state index >= 15 is 0 Å². The van der Waals surface area contributed by atoms with Crippen LogP contribution in [0.25, 0.3) is 0 Å². The number of allylic oxidation sites excluding steroid dienone is 2. The van der Waals surface area contributed by atoms with Gasteiger partial charge in [0.1, 0.15) is 6.54 Å². The van der Waals surface area contributed by atoms with Gasteiger partial charge in [0.05, 0.1) is 35.6 Å². The fraction of sp³-hybridized carbons (Fsp3) is 0.478. The van der Waals surface area contributed by atoms with Crippen molar-refractivity contribution in [3.05, 3.63) is 55.8 Å². The van der Waals surface area contributed by atoms with Crippen molar-refractivity contribution in [2.75, 3.05) is 32.4 Å². The number of likely N-dealkylation sites (N-methyl/N-ethyl adjacent to an activating group) is 1. The summed E-state index contributed by atoms with van der Waals surface area (Å²) in [4.78, 5) is 26.9. The zero-order valence-electron chi connectivity index (χ0n) is 18.0. The second-order valence-corrected chi connectivity index (χ2v) is 11.6. The molecule has 1 unspecified atom stereocenters. The Balaban J connectivity index is 0.00000289. The van der Waals surface area contributed by atoms with Gasteiger partial charge in [-0.1, -0.05) is 12.1 Å². The number of aliphatic hydroxyl groups is 1. The summed E-state index contributed by atoms with van der Waals surface area (Å²) < 4.78 is 6.75. The zero-order valence-corrected chi connectivity index (χ0v) is 21.2. The second kappa shape index (κ2) is 10.8. The van der Waals surface area contributed by atoms with E-state index in [1.807, 2.05) is 22.9 Å². The van der Waals surface area contributed by atoms with Crippen molar-refractivity contribution >= 4 is 46.2 Å². The summed E-state index contributed by atoms with van der Waals surface area (Å²) >= 11 is 4.39. The summed E-state index contributed by atoms with van der Waals surface area (Å²) in [6.07, 6.45) is 5.54. The minimum Gasteiger partial charge on any atom is -1.00 e. The van der Waals surface area contributed by atoms with E-state index in [-0.39, 0.29) is 24.3 Å². The number of thioether (sulfide) groups is 1. The number of ketones is 1. The molecule has 2 aliphatic rings. The van der Waals surface area contributed by atoms with Crippen molar-refractivity contribution < 1.29 is 36.3 Å². The first-order valence-corrected chi connectivity index (χ1v) is 13.3. The first kappa shape index (κ1) is 25.5. The van der Waals surface area contributed by atoms with E-state index in [1.54, 1.807) is 30.0 Å². The van der Waals surface area contributed by atoms with Crippen molar-refractivity contribution in [2.45, 2.75) is 37.4 Å². The molecule has 1 fully saturated rings. The summed E-state index contributed by atoms with van der Waals surface area (Å²) in [5, 5.41) is 15.1. The Morgan fingerprint density at radius 2 is 1.91 bits per heavy atom. The Hall–Kier alpha value is -1.16. The third kappa shape index (κ3) is 5.66. The maximum atomic E-state index is 13.2. The van der Waals surface area contributed by atoms with Gasteiger partial charge in [0.2, 0.25) is 5.60 Å².